The molecule has 0 unspecified atom stereocenters. The number of hydrogen-bond donors (Lipinski definition) is 2. The van der Waals surface area contributed by atoms with Crippen LogP contribution in [0.5, 0.6) is 0 Å². The van der Waals surface area contributed by atoms with Crippen molar-refractivity contribution in [1.29, 1.82) is 0 Å². The Morgan fingerprint density at radius 1 is 1.37 bits per heavy atom. The number of pyridine rings is 1. The summed E-state index contributed by atoms with van der Waals surface area (Å²) in [6.07, 6.45) is 3.29. The van der Waals surface area contributed by atoms with Crippen molar-refractivity contribution < 1.29 is 24.3 Å². The topological polar surface area (TPSA) is 97.1 Å². The van der Waals surface area contributed by atoms with E-state index in [1.54, 1.807) is 30.3 Å². The molecule has 4 heterocycles. The monoisotopic (exact) mass is 429 g/mol. The van der Waals surface area contributed by atoms with Gasteiger partial charge in [0, 0.05) is 12.4 Å². The number of ketones is 1. The van der Waals surface area contributed by atoms with Crippen LogP contribution in [0, 0.1) is 13.8 Å². The minimum atomic E-state index is -0.666. The minimum absolute atomic E-state index is 0.108. The molecule has 2 N–H and O–H groups in total. The molecule has 2 aromatic heterocycles. The maximum atomic E-state index is 13.4. The molecule has 0 aromatic carbocycles. The third-order valence-corrected chi connectivity index (χ3v) is 6.64. The summed E-state index contributed by atoms with van der Waals surface area (Å²) in [5.74, 6) is -1.34. The van der Waals surface area contributed by atoms with E-state index in [-0.39, 0.29) is 11.4 Å². The number of carbonyl (C=O) groups is 2. The first kappa shape index (κ1) is 20.6. The Hall–Kier alpha value is -2.62. The van der Waals surface area contributed by atoms with E-state index in [9.17, 15) is 14.7 Å². The van der Waals surface area contributed by atoms with Crippen LogP contribution in [0.15, 0.2) is 35.9 Å². The number of morpholine rings is 1. The molecular formula is C21H25N4O4S+. The number of aliphatic hydroxyl groups is 1. The Kier molecular flexibility index (Phi) is 5.94. The number of aryl methyl sites for hydroxylation is 2. The smallest absolute Gasteiger partial charge is 0.290 e. The van der Waals surface area contributed by atoms with E-state index in [1.807, 2.05) is 13.0 Å². The number of Topliss-reactive ketones (excluding diaryl/α,β-unsaturated/α-hetero) is 1. The highest BCUT2D eigenvalue weighted by atomic mass is 32.1. The fourth-order valence-electron chi connectivity index (χ4n) is 4.05. The first-order valence-corrected chi connectivity index (χ1v) is 10.8. The molecule has 0 radical (unpaired) electrons. The van der Waals surface area contributed by atoms with Gasteiger partial charge < -0.3 is 19.6 Å². The number of aromatic nitrogens is 2. The van der Waals surface area contributed by atoms with Crippen LogP contribution in [0.1, 0.15) is 32.0 Å². The van der Waals surface area contributed by atoms with Gasteiger partial charge in [0.15, 0.2) is 5.76 Å². The van der Waals surface area contributed by atoms with Crippen LogP contribution in [0.25, 0.3) is 0 Å². The van der Waals surface area contributed by atoms with Gasteiger partial charge in [-0.1, -0.05) is 6.07 Å². The van der Waals surface area contributed by atoms with Gasteiger partial charge in [0.25, 0.3) is 5.91 Å². The average Bonchev–Trinajstić information content (AvgIpc) is 3.23. The first-order valence-electron chi connectivity index (χ1n) is 10.0. The average molecular weight is 430 g/mol. The maximum absolute atomic E-state index is 13.4. The van der Waals surface area contributed by atoms with E-state index >= 15 is 0 Å². The fourth-order valence-corrected chi connectivity index (χ4v) is 4.93. The second kappa shape index (κ2) is 8.63. The molecule has 2 aliphatic rings. The number of aliphatic hydroxyl groups excluding tert-OH is 1. The molecule has 158 valence electrons. The molecule has 4 rings (SSSR count). The highest BCUT2D eigenvalue weighted by Crippen LogP contribution is 2.39. The summed E-state index contributed by atoms with van der Waals surface area (Å²) < 4.78 is 5.40. The van der Waals surface area contributed by atoms with Crippen LogP contribution in [0.2, 0.25) is 0 Å². The number of nitrogens with one attached hydrogen (secondary N) is 1. The maximum Gasteiger partial charge on any atom is 0.290 e. The summed E-state index contributed by atoms with van der Waals surface area (Å²) in [4.78, 5) is 38.3. The van der Waals surface area contributed by atoms with Gasteiger partial charge in [-0.3, -0.25) is 14.6 Å². The number of amides is 1. The zero-order valence-electron chi connectivity index (χ0n) is 17.1. The summed E-state index contributed by atoms with van der Waals surface area (Å²) in [5.41, 5.74) is 1.42. The summed E-state index contributed by atoms with van der Waals surface area (Å²) >= 11 is 1.28. The predicted molar refractivity (Wildman–Crippen MR) is 111 cm³/mol. The third-order valence-electron chi connectivity index (χ3n) is 5.56. The number of ether oxygens (including phenoxy) is 1. The van der Waals surface area contributed by atoms with E-state index < -0.39 is 17.7 Å². The second-order valence-corrected chi connectivity index (χ2v) is 8.74. The standard InChI is InChI=1S/C21H24N4O4S/c1-13-20(30-14(2)23-13)18(26)16-17(15-4-3-5-22-12-15)25(21(28)19(16)27)7-6-24-8-10-29-11-9-24/h3-5,12,17,27H,6-11H2,1-2H3/p+1/t17-/m1/s1. The lowest BCUT2D eigenvalue weighted by molar-refractivity contribution is -0.907. The SMILES string of the molecule is Cc1nc(C)c(C(=O)C2=C(O)C(=O)N(CC[NH+]3CCOCC3)[C@@H]2c2cccnc2)s1. The van der Waals surface area contributed by atoms with Crippen molar-refractivity contribution in [2.24, 2.45) is 0 Å². The molecule has 0 bridgehead atoms. The molecule has 1 atom stereocenters. The number of quaternary nitrogens is 1. The molecule has 2 aliphatic heterocycles. The van der Waals surface area contributed by atoms with Crippen LogP contribution < -0.4 is 4.90 Å². The van der Waals surface area contributed by atoms with Gasteiger partial charge in [-0.2, -0.15) is 0 Å². The summed E-state index contributed by atoms with van der Waals surface area (Å²) in [6, 6.07) is 2.93. The van der Waals surface area contributed by atoms with Crippen molar-refractivity contribution in [2.45, 2.75) is 19.9 Å². The van der Waals surface area contributed by atoms with Gasteiger partial charge in [0.1, 0.15) is 13.1 Å². The number of hydrogen-bond acceptors (Lipinski definition) is 7. The molecular weight excluding hydrogens is 404 g/mol. The normalized spacial score (nSPS) is 20.3. The van der Waals surface area contributed by atoms with E-state index in [2.05, 4.69) is 9.97 Å². The van der Waals surface area contributed by atoms with Gasteiger partial charge in [-0.05, 0) is 25.5 Å². The molecule has 0 saturated carbocycles. The zero-order chi connectivity index (χ0) is 21.3. The molecule has 0 spiro atoms. The van der Waals surface area contributed by atoms with Crippen molar-refractivity contribution in [3.05, 3.63) is 57.0 Å². The lowest BCUT2D eigenvalue weighted by Gasteiger charge is -2.29. The zero-order valence-corrected chi connectivity index (χ0v) is 17.9. The van der Waals surface area contributed by atoms with Crippen molar-refractivity contribution >= 4 is 23.0 Å². The first-order chi connectivity index (χ1) is 14.5. The van der Waals surface area contributed by atoms with E-state index in [1.165, 1.54) is 16.2 Å². The van der Waals surface area contributed by atoms with Gasteiger partial charge >= 0.3 is 0 Å². The van der Waals surface area contributed by atoms with Gasteiger partial charge in [0.05, 0.1) is 53.5 Å². The number of rotatable bonds is 6. The van der Waals surface area contributed by atoms with Crippen molar-refractivity contribution in [3.63, 3.8) is 0 Å². The molecule has 2 aromatic rings. The minimum Gasteiger partial charge on any atom is -0.503 e. The number of thiazole rings is 1. The Morgan fingerprint density at radius 2 is 2.13 bits per heavy atom. The van der Waals surface area contributed by atoms with E-state index in [0.29, 0.717) is 35.9 Å². The lowest BCUT2D eigenvalue weighted by atomic mass is 9.96. The highest BCUT2D eigenvalue weighted by Gasteiger charge is 2.44. The van der Waals surface area contributed by atoms with Crippen LogP contribution >= 0.6 is 11.3 Å². The Labute approximate surface area is 178 Å². The quantitative estimate of drug-likeness (QED) is 0.655. The molecule has 1 fully saturated rings. The third kappa shape index (κ3) is 3.88. The highest BCUT2D eigenvalue weighted by molar-refractivity contribution is 7.14. The number of nitrogens with zero attached hydrogens (tertiary/aromatic N) is 3. The summed E-state index contributed by atoms with van der Waals surface area (Å²) in [6.45, 7) is 7.91. The lowest BCUT2D eigenvalue weighted by Crippen LogP contribution is -3.14. The van der Waals surface area contributed by atoms with Gasteiger partial charge in [-0.25, -0.2) is 4.98 Å². The molecule has 8 nitrogen and oxygen atoms in total. The van der Waals surface area contributed by atoms with Crippen molar-refractivity contribution in [2.75, 3.05) is 39.4 Å². The Bertz CT molecular complexity index is 982. The second-order valence-electron chi connectivity index (χ2n) is 7.54. The van der Waals surface area contributed by atoms with Crippen molar-refractivity contribution in [3.8, 4) is 0 Å². The largest absolute Gasteiger partial charge is 0.503 e. The fraction of sp³-hybridized carbons (Fsp3) is 0.429. The molecule has 1 saturated heterocycles. The molecule has 1 amide bonds. The Balaban J connectivity index is 1.67. The molecule has 9 heteroatoms. The molecule has 0 aliphatic carbocycles. The summed E-state index contributed by atoms with van der Waals surface area (Å²) in [7, 11) is 0. The molecule has 30 heavy (non-hydrogen) atoms. The van der Waals surface area contributed by atoms with Gasteiger partial charge in [0.2, 0.25) is 5.78 Å². The van der Waals surface area contributed by atoms with E-state index in [4.69, 9.17) is 4.74 Å². The van der Waals surface area contributed by atoms with Crippen molar-refractivity contribution in [1.82, 2.24) is 14.9 Å². The Morgan fingerprint density at radius 3 is 2.77 bits per heavy atom. The van der Waals surface area contributed by atoms with Crippen LogP contribution in [0.4, 0.5) is 0 Å². The number of carbonyl (C=O) groups excluding carboxylic acids is 2. The predicted octanol–water partition coefficient (Wildman–Crippen LogP) is 0.648. The van der Waals surface area contributed by atoms with Gasteiger partial charge in [-0.15, -0.1) is 11.3 Å². The van der Waals surface area contributed by atoms with Crippen LogP contribution in [0.3, 0.4) is 0 Å². The summed E-state index contributed by atoms with van der Waals surface area (Å²) in [5, 5.41) is 11.5. The van der Waals surface area contributed by atoms with Crippen LogP contribution in [-0.4, -0.2) is 71.1 Å². The van der Waals surface area contributed by atoms with Crippen LogP contribution in [-0.2, 0) is 9.53 Å². The van der Waals surface area contributed by atoms with E-state index in [0.717, 1.165) is 24.6 Å².